The van der Waals surface area contributed by atoms with E-state index in [9.17, 15) is 0 Å². The van der Waals surface area contributed by atoms with Crippen LogP contribution in [0, 0.1) is 27.7 Å². The van der Waals surface area contributed by atoms with Gasteiger partial charge < -0.3 is 4.12 Å². The van der Waals surface area contributed by atoms with Gasteiger partial charge in [-0.25, -0.2) is 0 Å². The molecule has 124 valence electrons. The fraction of sp³-hybridized carbons (Fsp3) is 0.400. The first-order chi connectivity index (χ1) is 10.5. The van der Waals surface area contributed by atoms with Gasteiger partial charge in [-0.2, -0.15) is 0 Å². The molecule has 23 heavy (non-hydrogen) atoms. The standard InChI is InChI=1S/C20H30OSi2/c1-15-9-16(2)12-19(11-15)22(5,6)21-23(7,8)20-13-17(3)10-18(4)14-20/h9-14H,1-8H3. The van der Waals surface area contributed by atoms with Crippen LogP contribution < -0.4 is 10.4 Å². The first-order valence-corrected chi connectivity index (χ1v) is 14.2. The van der Waals surface area contributed by atoms with E-state index < -0.39 is 16.6 Å². The van der Waals surface area contributed by atoms with Crippen LogP contribution in [0.25, 0.3) is 0 Å². The molecular formula is C20H30OSi2. The maximum atomic E-state index is 6.90. The van der Waals surface area contributed by atoms with Crippen molar-refractivity contribution in [3.05, 3.63) is 58.7 Å². The van der Waals surface area contributed by atoms with E-state index in [1.54, 1.807) is 0 Å². The fourth-order valence-electron chi connectivity index (χ4n) is 3.40. The molecule has 0 unspecified atom stereocenters. The van der Waals surface area contributed by atoms with Gasteiger partial charge in [-0.15, -0.1) is 0 Å². The highest BCUT2D eigenvalue weighted by Crippen LogP contribution is 2.17. The van der Waals surface area contributed by atoms with E-state index in [1.165, 1.54) is 32.6 Å². The van der Waals surface area contributed by atoms with E-state index in [-0.39, 0.29) is 0 Å². The third kappa shape index (κ3) is 4.43. The predicted molar refractivity (Wildman–Crippen MR) is 107 cm³/mol. The molecule has 0 atom stereocenters. The molecule has 0 saturated carbocycles. The minimum atomic E-state index is -1.93. The van der Waals surface area contributed by atoms with Gasteiger partial charge in [0.25, 0.3) is 0 Å². The zero-order chi connectivity index (χ0) is 17.4. The van der Waals surface area contributed by atoms with Gasteiger partial charge in [0.05, 0.1) is 0 Å². The maximum absolute atomic E-state index is 6.90. The molecule has 2 aromatic carbocycles. The average molecular weight is 343 g/mol. The lowest BCUT2D eigenvalue weighted by Gasteiger charge is -2.35. The molecule has 0 spiro atoms. The quantitative estimate of drug-likeness (QED) is 0.745. The molecular weight excluding hydrogens is 312 g/mol. The zero-order valence-electron chi connectivity index (χ0n) is 15.9. The van der Waals surface area contributed by atoms with Crippen LogP contribution in [0.15, 0.2) is 36.4 Å². The summed E-state index contributed by atoms with van der Waals surface area (Å²) in [6, 6.07) is 13.7. The lowest BCUT2D eigenvalue weighted by atomic mass is 10.2. The van der Waals surface area contributed by atoms with Crippen molar-refractivity contribution in [2.75, 3.05) is 0 Å². The second-order valence-corrected chi connectivity index (χ2v) is 15.9. The van der Waals surface area contributed by atoms with Crippen LogP contribution >= 0.6 is 0 Å². The molecule has 3 heteroatoms. The summed E-state index contributed by atoms with van der Waals surface area (Å²) in [6.07, 6.45) is 0. The highest BCUT2D eigenvalue weighted by molar-refractivity contribution is 6.96. The third-order valence-corrected chi connectivity index (χ3v) is 11.8. The molecule has 0 bridgehead atoms. The summed E-state index contributed by atoms with van der Waals surface area (Å²) in [5.41, 5.74) is 5.31. The largest absolute Gasteiger partial charge is 0.449 e. The fourth-order valence-corrected chi connectivity index (χ4v) is 11.7. The number of benzene rings is 2. The summed E-state index contributed by atoms with van der Waals surface area (Å²) < 4.78 is 6.90. The Bertz CT molecular complexity index is 616. The molecule has 2 rings (SSSR count). The topological polar surface area (TPSA) is 9.23 Å². The zero-order valence-corrected chi connectivity index (χ0v) is 17.9. The van der Waals surface area contributed by atoms with Crippen LogP contribution in [-0.2, 0) is 4.12 Å². The van der Waals surface area contributed by atoms with Gasteiger partial charge >= 0.3 is 0 Å². The Hall–Kier alpha value is -1.17. The van der Waals surface area contributed by atoms with Crippen molar-refractivity contribution in [3.63, 3.8) is 0 Å². The molecule has 0 fully saturated rings. The van der Waals surface area contributed by atoms with Crippen molar-refractivity contribution in [1.82, 2.24) is 0 Å². The summed E-state index contributed by atoms with van der Waals surface area (Å²) in [5.74, 6) is 0. The highest BCUT2D eigenvalue weighted by Gasteiger charge is 2.36. The monoisotopic (exact) mass is 342 g/mol. The molecule has 0 N–H and O–H groups in total. The molecule has 0 radical (unpaired) electrons. The first kappa shape index (κ1) is 18.2. The third-order valence-electron chi connectivity index (χ3n) is 4.34. The first-order valence-electron chi connectivity index (χ1n) is 8.37. The Morgan fingerprint density at radius 1 is 0.522 bits per heavy atom. The van der Waals surface area contributed by atoms with Crippen LogP contribution in [0.3, 0.4) is 0 Å². The van der Waals surface area contributed by atoms with Crippen molar-refractivity contribution in [2.24, 2.45) is 0 Å². The molecule has 1 nitrogen and oxygen atoms in total. The van der Waals surface area contributed by atoms with E-state index in [0.717, 1.165) is 0 Å². The van der Waals surface area contributed by atoms with Crippen LogP contribution in [-0.4, -0.2) is 16.6 Å². The van der Waals surface area contributed by atoms with Gasteiger partial charge in [-0.1, -0.05) is 58.7 Å². The average Bonchev–Trinajstić information content (AvgIpc) is 2.35. The maximum Gasteiger partial charge on any atom is 0.206 e. The predicted octanol–water partition coefficient (Wildman–Crippen LogP) is 4.46. The van der Waals surface area contributed by atoms with E-state index in [1.807, 2.05) is 0 Å². The Labute approximate surface area is 144 Å². The summed E-state index contributed by atoms with van der Waals surface area (Å²) in [6.45, 7) is 18.0. The molecule has 0 amide bonds. The second-order valence-electron chi connectivity index (χ2n) is 7.88. The Balaban J connectivity index is 2.37. The summed E-state index contributed by atoms with van der Waals surface area (Å²) in [5, 5.41) is 2.81. The van der Waals surface area contributed by atoms with E-state index in [2.05, 4.69) is 90.3 Å². The summed E-state index contributed by atoms with van der Waals surface area (Å²) >= 11 is 0. The van der Waals surface area contributed by atoms with Crippen molar-refractivity contribution >= 4 is 27.0 Å². The van der Waals surface area contributed by atoms with Crippen LogP contribution in [0.5, 0.6) is 0 Å². The molecule has 0 heterocycles. The molecule has 0 aliphatic rings. The van der Waals surface area contributed by atoms with Crippen LogP contribution in [0.2, 0.25) is 26.2 Å². The van der Waals surface area contributed by atoms with Gasteiger partial charge in [-0.05, 0) is 64.3 Å². The summed E-state index contributed by atoms with van der Waals surface area (Å²) in [7, 11) is -3.87. The van der Waals surface area contributed by atoms with E-state index in [0.29, 0.717) is 0 Å². The number of aryl methyl sites for hydroxylation is 4. The normalized spacial score (nSPS) is 12.5. The van der Waals surface area contributed by atoms with Crippen LogP contribution in [0.1, 0.15) is 22.3 Å². The number of rotatable bonds is 4. The summed E-state index contributed by atoms with van der Waals surface area (Å²) in [4.78, 5) is 0. The Kier molecular flexibility index (Phi) is 5.04. The smallest absolute Gasteiger partial charge is 0.206 e. The Morgan fingerprint density at radius 2 is 0.783 bits per heavy atom. The van der Waals surface area contributed by atoms with Crippen molar-refractivity contribution in [2.45, 2.75) is 53.9 Å². The molecule has 0 aliphatic heterocycles. The van der Waals surface area contributed by atoms with Crippen molar-refractivity contribution in [3.8, 4) is 0 Å². The van der Waals surface area contributed by atoms with Crippen molar-refractivity contribution < 1.29 is 4.12 Å². The SMILES string of the molecule is Cc1cc(C)cc([Si](C)(C)O[Si](C)(C)c2cc(C)cc(C)c2)c1. The highest BCUT2D eigenvalue weighted by atomic mass is 28.4. The van der Waals surface area contributed by atoms with Gasteiger partial charge in [0.2, 0.25) is 16.6 Å². The molecule has 0 aromatic heterocycles. The second kappa shape index (κ2) is 6.38. The molecule has 2 aromatic rings. The number of hydrogen-bond acceptors (Lipinski definition) is 1. The lowest BCUT2D eigenvalue weighted by molar-refractivity contribution is 0.573. The minimum Gasteiger partial charge on any atom is -0.449 e. The van der Waals surface area contributed by atoms with Gasteiger partial charge in [0, 0.05) is 0 Å². The van der Waals surface area contributed by atoms with Crippen LogP contribution in [0.4, 0.5) is 0 Å². The van der Waals surface area contributed by atoms with E-state index >= 15 is 0 Å². The van der Waals surface area contributed by atoms with Crippen molar-refractivity contribution in [1.29, 1.82) is 0 Å². The minimum absolute atomic E-state index is 1.33. The lowest BCUT2D eigenvalue weighted by Crippen LogP contribution is -2.57. The van der Waals surface area contributed by atoms with E-state index in [4.69, 9.17) is 4.12 Å². The van der Waals surface area contributed by atoms with Gasteiger partial charge in [0.15, 0.2) is 0 Å². The Morgan fingerprint density at radius 3 is 1.04 bits per heavy atom. The molecule has 0 saturated heterocycles. The van der Waals surface area contributed by atoms with Gasteiger partial charge in [0.1, 0.15) is 0 Å². The van der Waals surface area contributed by atoms with Gasteiger partial charge in [-0.3, -0.25) is 0 Å². The number of hydrogen-bond donors (Lipinski definition) is 0. The molecule has 0 aliphatic carbocycles.